The zero-order chi connectivity index (χ0) is 15.8. The molecule has 1 aromatic rings. The van der Waals surface area contributed by atoms with Gasteiger partial charge in [-0.1, -0.05) is 12.1 Å². The van der Waals surface area contributed by atoms with Crippen LogP contribution in [0, 0.1) is 19.7 Å². The second kappa shape index (κ2) is 8.21. The summed E-state index contributed by atoms with van der Waals surface area (Å²) in [6.45, 7) is 3.56. The van der Waals surface area contributed by atoms with Gasteiger partial charge in [0, 0.05) is 13.1 Å². The van der Waals surface area contributed by atoms with Crippen LogP contribution in [0.25, 0.3) is 0 Å². The van der Waals surface area contributed by atoms with Gasteiger partial charge in [-0.05, 0) is 30.5 Å². The summed E-state index contributed by atoms with van der Waals surface area (Å²) >= 11 is 0. The topological polar surface area (TPSA) is 87.7 Å². The second-order valence-electron chi connectivity index (χ2n) is 4.60. The Morgan fingerprint density at radius 1 is 1.24 bits per heavy atom. The van der Waals surface area contributed by atoms with Crippen LogP contribution in [0.5, 0.6) is 0 Å². The van der Waals surface area contributed by atoms with E-state index in [1.54, 1.807) is 26.0 Å². The van der Waals surface area contributed by atoms with E-state index in [1.165, 1.54) is 0 Å². The van der Waals surface area contributed by atoms with E-state index in [-0.39, 0.29) is 25.5 Å². The second-order valence-corrected chi connectivity index (χ2v) is 4.60. The number of carboxylic acid groups (broad SMARTS) is 1. The summed E-state index contributed by atoms with van der Waals surface area (Å²) in [5.41, 5.74) is 1.88. The zero-order valence-electron chi connectivity index (χ0n) is 12.0. The lowest BCUT2D eigenvalue weighted by Crippen LogP contribution is -2.37. The molecule has 7 heteroatoms. The highest BCUT2D eigenvalue weighted by atomic mass is 19.1. The number of ether oxygens (including phenoxy) is 1. The van der Waals surface area contributed by atoms with Gasteiger partial charge in [-0.3, -0.25) is 0 Å². The minimum atomic E-state index is -1.05. The SMILES string of the molecule is Cc1cc(CNC(=O)NCCOCC(=O)O)cc(C)c1F. The van der Waals surface area contributed by atoms with Gasteiger partial charge in [0.05, 0.1) is 6.61 Å². The molecule has 0 unspecified atom stereocenters. The number of urea groups is 1. The Balaban J connectivity index is 2.28. The number of carbonyl (C=O) groups is 2. The van der Waals surface area contributed by atoms with E-state index in [1.807, 2.05) is 0 Å². The Kier molecular flexibility index (Phi) is 6.61. The van der Waals surface area contributed by atoms with Gasteiger partial charge in [0.15, 0.2) is 0 Å². The fraction of sp³-hybridized carbons (Fsp3) is 0.429. The number of nitrogens with one attached hydrogen (secondary N) is 2. The first-order valence-electron chi connectivity index (χ1n) is 6.47. The molecule has 0 saturated heterocycles. The van der Waals surface area contributed by atoms with Crippen LogP contribution in [0.4, 0.5) is 9.18 Å². The highest BCUT2D eigenvalue weighted by molar-refractivity contribution is 5.73. The predicted octanol–water partition coefficient (Wildman–Crippen LogP) is 1.34. The fourth-order valence-electron chi connectivity index (χ4n) is 1.78. The molecular weight excluding hydrogens is 279 g/mol. The molecule has 1 rings (SSSR count). The maximum absolute atomic E-state index is 13.5. The maximum Gasteiger partial charge on any atom is 0.329 e. The molecule has 3 N–H and O–H groups in total. The van der Waals surface area contributed by atoms with Gasteiger partial charge in [0.1, 0.15) is 12.4 Å². The van der Waals surface area contributed by atoms with E-state index in [2.05, 4.69) is 10.6 Å². The molecule has 2 amide bonds. The number of aryl methyl sites for hydroxylation is 2. The third-order valence-corrected chi connectivity index (χ3v) is 2.71. The van der Waals surface area contributed by atoms with Crippen molar-refractivity contribution in [3.05, 3.63) is 34.6 Å². The molecule has 0 atom stereocenters. The molecule has 0 spiro atoms. The molecular formula is C14H19FN2O4. The molecule has 0 saturated carbocycles. The van der Waals surface area contributed by atoms with Crippen molar-refractivity contribution < 1.29 is 23.8 Å². The zero-order valence-corrected chi connectivity index (χ0v) is 12.0. The third-order valence-electron chi connectivity index (χ3n) is 2.71. The Morgan fingerprint density at radius 3 is 2.43 bits per heavy atom. The van der Waals surface area contributed by atoms with E-state index < -0.39 is 18.6 Å². The normalized spacial score (nSPS) is 10.2. The summed E-state index contributed by atoms with van der Waals surface area (Å²) in [5, 5.41) is 13.5. The Hall–Kier alpha value is -2.15. The Labute approximate surface area is 122 Å². The quantitative estimate of drug-likeness (QED) is 0.663. The van der Waals surface area contributed by atoms with Crippen molar-refractivity contribution >= 4 is 12.0 Å². The van der Waals surface area contributed by atoms with Gasteiger partial charge in [-0.25, -0.2) is 14.0 Å². The van der Waals surface area contributed by atoms with E-state index in [9.17, 15) is 14.0 Å². The van der Waals surface area contributed by atoms with Crippen molar-refractivity contribution in [2.45, 2.75) is 20.4 Å². The molecule has 0 aliphatic carbocycles. The molecule has 6 nitrogen and oxygen atoms in total. The van der Waals surface area contributed by atoms with Crippen LogP contribution in [0.1, 0.15) is 16.7 Å². The first kappa shape index (κ1) is 16.9. The predicted molar refractivity (Wildman–Crippen MR) is 74.6 cm³/mol. The first-order chi connectivity index (χ1) is 9.90. The molecule has 21 heavy (non-hydrogen) atoms. The minimum Gasteiger partial charge on any atom is -0.480 e. The molecule has 0 aliphatic heterocycles. The fourth-order valence-corrected chi connectivity index (χ4v) is 1.78. The van der Waals surface area contributed by atoms with Gasteiger partial charge < -0.3 is 20.5 Å². The van der Waals surface area contributed by atoms with Gasteiger partial charge in [0.2, 0.25) is 0 Å². The first-order valence-corrected chi connectivity index (χ1v) is 6.47. The van der Waals surface area contributed by atoms with Crippen LogP contribution < -0.4 is 10.6 Å². The lowest BCUT2D eigenvalue weighted by atomic mass is 10.1. The standard InChI is InChI=1S/C14H19FN2O4/c1-9-5-11(6-10(2)13(9)15)7-17-14(20)16-3-4-21-8-12(18)19/h5-6H,3-4,7-8H2,1-2H3,(H,18,19)(H2,16,17,20). The van der Waals surface area contributed by atoms with Crippen molar-refractivity contribution in [3.63, 3.8) is 0 Å². The highest BCUT2D eigenvalue weighted by Crippen LogP contribution is 2.14. The largest absolute Gasteiger partial charge is 0.480 e. The van der Waals surface area contributed by atoms with Crippen LogP contribution in [-0.2, 0) is 16.1 Å². The molecule has 1 aromatic carbocycles. The molecule has 0 aliphatic rings. The number of aliphatic carboxylic acids is 1. The average molecular weight is 298 g/mol. The summed E-state index contributed by atoms with van der Waals surface area (Å²) in [6.07, 6.45) is 0. The number of hydrogen-bond acceptors (Lipinski definition) is 3. The van der Waals surface area contributed by atoms with E-state index in [4.69, 9.17) is 9.84 Å². The summed E-state index contributed by atoms with van der Waals surface area (Å²) in [4.78, 5) is 21.7. The Bertz CT molecular complexity index is 497. The van der Waals surface area contributed by atoms with E-state index in [0.29, 0.717) is 11.1 Å². The lowest BCUT2D eigenvalue weighted by molar-refractivity contribution is -0.142. The van der Waals surface area contributed by atoms with E-state index in [0.717, 1.165) is 5.56 Å². The highest BCUT2D eigenvalue weighted by Gasteiger charge is 2.06. The third kappa shape index (κ3) is 6.22. The van der Waals surface area contributed by atoms with Crippen molar-refractivity contribution in [2.24, 2.45) is 0 Å². The molecule has 0 aromatic heterocycles. The van der Waals surface area contributed by atoms with Gasteiger partial charge in [0.25, 0.3) is 0 Å². The van der Waals surface area contributed by atoms with Crippen molar-refractivity contribution in [3.8, 4) is 0 Å². The van der Waals surface area contributed by atoms with Crippen LogP contribution >= 0.6 is 0 Å². The summed E-state index contributed by atoms with van der Waals surface area (Å²) in [7, 11) is 0. The lowest BCUT2D eigenvalue weighted by Gasteiger charge is -2.10. The number of amides is 2. The maximum atomic E-state index is 13.5. The van der Waals surface area contributed by atoms with E-state index >= 15 is 0 Å². The van der Waals surface area contributed by atoms with Gasteiger partial charge in [-0.15, -0.1) is 0 Å². The summed E-state index contributed by atoms with van der Waals surface area (Å²) in [5.74, 6) is -1.29. The van der Waals surface area contributed by atoms with Crippen molar-refractivity contribution in [2.75, 3.05) is 19.8 Å². The number of carbonyl (C=O) groups excluding carboxylic acids is 1. The molecule has 0 fully saturated rings. The van der Waals surface area contributed by atoms with Crippen LogP contribution in [0.15, 0.2) is 12.1 Å². The smallest absolute Gasteiger partial charge is 0.329 e. The summed E-state index contributed by atoms with van der Waals surface area (Å²) < 4.78 is 18.2. The van der Waals surface area contributed by atoms with Gasteiger partial charge >= 0.3 is 12.0 Å². The Morgan fingerprint density at radius 2 is 1.86 bits per heavy atom. The number of carboxylic acids is 1. The number of rotatable bonds is 7. The molecule has 0 radical (unpaired) electrons. The van der Waals surface area contributed by atoms with Crippen molar-refractivity contribution in [1.29, 1.82) is 0 Å². The van der Waals surface area contributed by atoms with Crippen LogP contribution in [-0.4, -0.2) is 36.9 Å². The number of halogens is 1. The van der Waals surface area contributed by atoms with Gasteiger partial charge in [-0.2, -0.15) is 0 Å². The molecule has 0 heterocycles. The molecule has 116 valence electrons. The van der Waals surface area contributed by atoms with Crippen LogP contribution in [0.3, 0.4) is 0 Å². The summed E-state index contributed by atoms with van der Waals surface area (Å²) in [6, 6.07) is 2.96. The minimum absolute atomic E-state index is 0.120. The molecule has 0 bridgehead atoms. The number of benzene rings is 1. The van der Waals surface area contributed by atoms with Crippen LogP contribution in [0.2, 0.25) is 0 Å². The van der Waals surface area contributed by atoms with Crippen molar-refractivity contribution in [1.82, 2.24) is 10.6 Å². The number of hydrogen-bond donors (Lipinski definition) is 3. The monoisotopic (exact) mass is 298 g/mol. The average Bonchev–Trinajstić information content (AvgIpc) is 2.41.